The van der Waals surface area contributed by atoms with Gasteiger partial charge in [0.25, 0.3) is 0 Å². The number of nitrogens with zero attached hydrogens (tertiary/aromatic N) is 1. The first-order chi connectivity index (χ1) is 13.3. The predicted molar refractivity (Wildman–Crippen MR) is 112 cm³/mol. The molecular weight excluding hydrogens is 417 g/mol. The van der Waals surface area contributed by atoms with E-state index in [1.165, 1.54) is 19.3 Å². The molecule has 0 aromatic heterocycles. The molecule has 0 spiro atoms. The third-order valence-corrected chi connectivity index (χ3v) is 10.9. The molecule has 5 atom stereocenters. The molecule has 5 heteroatoms. The quantitative estimate of drug-likeness (QED) is 0.356. The van der Waals surface area contributed by atoms with Crippen LogP contribution in [0.2, 0.25) is 9.63 Å². The normalized spacial score (nSPS) is 36.0. The monoisotopic (exact) mass is 449 g/mol. The zero-order chi connectivity index (χ0) is 19.9. The number of oxime groups is 1. The van der Waals surface area contributed by atoms with Gasteiger partial charge in [0, 0.05) is 0 Å². The topological polar surface area (TPSA) is 47.9 Å². The van der Waals surface area contributed by atoms with Crippen molar-refractivity contribution in [2.45, 2.75) is 69.1 Å². The first-order valence-corrected chi connectivity index (χ1v) is 12.4. The van der Waals surface area contributed by atoms with Crippen molar-refractivity contribution < 1.29 is 14.4 Å². The summed E-state index contributed by atoms with van der Waals surface area (Å²) >= 11 is 0.382. The second kappa shape index (κ2) is 7.59. The summed E-state index contributed by atoms with van der Waals surface area (Å²) < 4.78 is 5.96. The molecule has 1 heterocycles. The van der Waals surface area contributed by atoms with Crippen LogP contribution in [0, 0.1) is 16.7 Å². The average molecular weight is 448 g/mol. The molecule has 28 heavy (non-hydrogen) atoms. The Morgan fingerprint density at radius 1 is 1.25 bits per heavy atom. The number of hydrogen-bond acceptors (Lipinski definition) is 4. The zero-order valence-corrected chi connectivity index (χ0v) is 19.0. The van der Waals surface area contributed by atoms with E-state index in [2.05, 4.69) is 32.9 Å². The van der Waals surface area contributed by atoms with Crippen LogP contribution in [0.1, 0.15) is 63.7 Å². The summed E-state index contributed by atoms with van der Waals surface area (Å²) in [4.78, 5) is 19.0. The Hall–Kier alpha value is -1.16. The summed E-state index contributed by atoms with van der Waals surface area (Å²) in [6.45, 7) is 10.3. The maximum absolute atomic E-state index is 12.5. The Kier molecular flexibility index (Phi) is 5.45. The van der Waals surface area contributed by atoms with Crippen LogP contribution < -0.4 is 0 Å². The minimum atomic E-state index is -0.365. The van der Waals surface area contributed by atoms with Gasteiger partial charge in [-0.1, -0.05) is 0 Å². The first kappa shape index (κ1) is 20.1. The van der Waals surface area contributed by atoms with Crippen LogP contribution in [-0.2, 0) is 9.57 Å². The molecule has 2 unspecified atom stereocenters. The van der Waals surface area contributed by atoms with Crippen molar-refractivity contribution in [3.63, 3.8) is 0 Å². The average Bonchev–Trinajstić information content (AvgIpc) is 3.33. The number of benzene rings is 1. The number of rotatable bonds is 5. The van der Waals surface area contributed by atoms with Crippen LogP contribution in [0.25, 0.3) is 0 Å². The molecule has 1 saturated heterocycles. The Morgan fingerprint density at radius 3 is 2.68 bits per heavy atom. The van der Waals surface area contributed by atoms with Gasteiger partial charge in [0.05, 0.1) is 0 Å². The molecule has 1 aromatic carbocycles. The number of hydrogen-bond donors (Lipinski definition) is 0. The number of ether oxygens (including phenoxy) is 1. The summed E-state index contributed by atoms with van der Waals surface area (Å²) in [5.41, 5.74) is 1.88. The van der Waals surface area contributed by atoms with Crippen molar-refractivity contribution >= 4 is 26.6 Å². The molecule has 0 amide bonds. The van der Waals surface area contributed by atoms with E-state index in [0.29, 0.717) is 42.2 Å². The van der Waals surface area contributed by atoms with E-state index in [1.807, 2.05) is 18.2 Å². The third kappa shape index (κ3) is 3.26. The fourth-order valence-corrected chi connectivity index (χ4v) is 9.44. The molecule has 1 aromatic rings. The van der Waals surface area contributed by atoms with E-state index >= 15 is 0 Å². The molecule has 0 radical (unpaired) electrons. The van der Waals surface area contributed by atoms with Gasteiger partial charge < -0.3 is 0 Å². The fourth-order valence-electron chi connectivity index (χ4n) is 5.35. The van der Waals surface area contributed by atoms with Gasteiger partial charge in [0.1, 0.15) is 0 Å². The molecular formula is C23H31NO3Se. The van der Waals surface area contributed by atoms with Crippen molar-refractivity contribution in [2.75, 3.05) is 6.61 Å². The van der Waals surface area contributed by atoms with Crippen LogP contribution in [0.5, 0.6) is 0 Å². The standard InChI is InChI=1S/C23H31NO3Se/c1-15(18-11-8-14-26-18)28-19-17-12-13-23(4,22(17,2)3)20(19)24-27-21(25)16-9-6-5-7-10-16/h5-7,9-10,15,17-19H,8,11-14H2,1-4H3/b24-20-/t15?,17-,18?,19+,23+/m1/s1. The van der Waals surface area contributed by atoms with Gasteiger partial charge in [-0.05, 0) is 0 Å². The summed E-state index contributed by atoms with van der Waals surface area (Å²) in [7, 11) is 0. The molecule has 4 nitrogen and oxygen atoms in total. The van der Waals surface area contributed by atoms with E-state index in [1.54, 1.807) is 12.1 Å². The van der Waals surface area contributed by atoms with Gasteiger partial charge in [0.2, 0.25) is 0 Å². The summed E-state index contributed by atoms with van der Waals surface area (Å²) in [6.07, 6.45) is 5.13. The minimum absolute atomic E-state index is 0.0112. The Labute approximate surface area is 174 Å². The zero-order valence-electron chi connectivity index (χ0n) is 17.3. The van der Waals surface area contributed by atoms with E-state index in [4.69, 9.17) is 9.57 Å². The van der Waals surface area contributed by atoms with Gasteiger partial charge in [-0.2, -0.15) is 0 Å². The molecule has 4 rings (SSSR count). The number of fused-ring (bicyclic) bond motifs is 2. The van der Waals surface area contributed by atoms with Gasteiger partial charge in [-0.25, -0.2) is 0 Å². The summed E-state index contributed by atoms with van der Waals surface area (Å²) in [5.74, 6) is 0.256. The number of carbonyl (C=O) groups excluding carboxylic acids is 1. The summed E-state index contributed by atoms with van der Waals surface area (Å²) in [6, 6.07) is 9.14. The van der Waals surface area contributed by atoms with Crippen molar-refractivity contribution in [1.29, 1.82) is 0 Å². The van der Waals surface area contributed by atoms with Gasteiger partial charge in [0.15, 0.2) is 0 Å². The molecule has 152 valence electrons. The Balaban J connectivity index is 1.57. The SMILES string of the molecule is CC([Se][C@@H]1/C(=N/OC(=O)c2ccccc2)[C@]2(C)CC[C@H]1C2(C)C)C1CCCO1. The molecule has 3 aliphatic rings. The van der Waals surface area contributed by atoms with Gasteiger partial charge in [-0.15, -0.1) is 0 Å². The van der Waals surface area contributed by atoms with Crippen LogP contribution in [0.4, 0.5) is 0 Å². The van der Waals surface area contributed by atoms with Crippen molar-refractivity contribution in [3.05, 3.63) is 35.9 Å². The van der Waals surface area contributed by atoms with Gasteiger partial charge in [-0.3, -0.25) is 0 Å². The molecule has 2 bridgehead atoms. The third-order valence-electron chi connectivity index (χ3n) is 7.59. The van der Waals surface area contributed by atoms with Crippen molar-refractivity contribution in [1.82, 2.24) is 0 Å². The predicted octanol–water partition coefficient (Wildman–Crippen LogP) is 5.14. The van der Waals surface area contributed by atoms with Crippen molar-refractivity contribution in [2.24, 2.45) is 21.9 Å². The second-order valence-electron chi connectivity index (χ2n) is 9.23. The van der Waals surface area contributed by atoms with E-state index in [-0.39, 0.29) is 16.8 Å². The summed E-state index contributed by atoms with van der Waals surface area (Å²) in [5, 5.41) is 4.55. The van der Waals surface area contributed by atoms with Crippen LogP contribution in [0.15, 0.2) is 35.5 Å². The van der Waals surface area contributed by atoms with E-state index in [9.17, 15) is 4.79 Å². The molecule has 0 N–H and O–H groups in total. The van der Waals surface area contributed by atoms with Crippen LogP contribution in [-0.4, -0.2) is 39.3 Å². The Bertz CT molecular complexity index is 756. The van der Waals surface area contributed by atoms with Crippen molar-refractivity contribution in [3.8, 4) is 0 Å². The van der Waals surface area contributed by atoms with E-state index in [0.717, 1.165) is 18.7 Å². The number of carbonyl (C=O) groups is 1. The van der Waals surface area contributed by atoms with Gasteiger partial charge >= 0.3 is 175 Å². The fraction of sp³-hybridized carbons (Fsp3) is 0.652. The van der Waals surface area contributed by atoms with Crippen LogP contribution >= 0.6 is 0 Å². The molecule has 1 aliphatic heterocycles. The first-order valence-electron chi connectivity index (χ1n) is 10.5. The Morgan fingerprint density at radius 2 is 2.00 bits per heavy atom. The molecule has 2 aliphatic carbocycles. The molecule has 3 fully saturated rings. The van der Waals surface area contributed by atoms with E-state index < -0.39 is 0 Å². The van der Waals surface area contributed by atoms with Crippen LogP contribution in [0.3, 0.4) is 0 Å². The molecule has 2 saturated carbocycles. The second-order valence-corrected chi connectivity index (χ2v) is 12.4. The maximum atomic E-state index is 12.5.